The van der Waals surface area contributed by atoms with Gasteiger partial charge in [0.25, 0.3) is 5.91 Å². The largest absolute Gasteiger partial charge is 0.378 e. The van der Waals surface area contributed by atoms with Crippen LogP contribution in [0, 0.1) is 0 Å². The van der Waals surface area contributed by atoms with Crippen LogP contribution in [0.5, 0.6) is 0 Å². The van der Waals surface area contributed by atoms with Crippen molar-refractivity contribution in [2.75, 3.05) is 29.6 Å². The average Bonchev–Trinajstić information content (AvgIpc) is 2.64. The molecule has 1 amide bonds. The van der Waals surface area contributed by atoms with Crippen molar-refractivity contribution < 1.29 is 4.79 Å². The maximum Gasteiger partial charge on any atom is 0.255 e. The highest BCUT2D eigenvalue weighted by molar-refractivity contribution is 6.04. The second-order valence-electron chi connectivity index (χ2n) is 5.96. The summed E-state index contributed by atoms with van der Waals surface area (Å²) in [6, 6.07) is 25.1. The maximum absolute atomic E-state index is 12.1. The van der Waals surface area contributed by atoms with E-state index in [0.29, 0.717) is 5.56 Å². The molecule has 0 aliphatic rings. The van der Waals surface area contributed by atoms with Gasteiger partial charge in [-0.05, 0) is 60.7 Å². The van der Waals surface area contributed by atoms with Crippen LogP contribution in [0.4, 0.5) is 22.7 Å². The van der Waals surface area contributed by atoms with Gasteiger partial charge in [0.2, 0.25) is 0 Å². The van der Waals surface area contributed by atoms with E-state index in [2.05, 4.69) is 27.7 Å². The van der Waals surface area contributed by atoms with Gasteiger partial charge in [0.1, 0.15) is 0 Å². The van der Waals surface area contributed by atoms with E-state index in [1.54, 1.807) is 12.1 Å². The van der Waals surface area contributed by atoms with Crippen molar-refractivity contribution in [3.8, 4) is 0 Å². The highest BCUT2D eigenvalue weighted by atomic mass is 16.1. The molecule has 0 radical (unpaired) electrons. The summed E-state index contributed by atoms with van der Waals surface area (Å²) in [5, 5.41) is 6.25. The summed E-state index contributed by atoms with van der Waals surface area (Å²) in [6.45, 7) is 0. The highest BCUT2D eigenvalue weighted by Gasteiger charge is 2.05. The number of carbonyl (C=O) groups excluding carboxylic acids is 1. The summed E-state index contributed by atoms with van der Waals surface area (Å²) in [4.78, 5) is 14.2. The lowest BCUT2D eigenvalue weighted by molar-refractivity contribution is 0.102. The Morgan fingerprint density at radius 2 is 1.24 bits per heavy atom. The van der Waals surface area contributed by atoms with Crippen LogP contribution in [0.3, 0.4) is 0 Å². The van der Waals surface area contributed by atoms with E-state index in [1.807, 2.05) is 68.7 Å². The van der Waals surface area contributed by atoms with E-state index in [0.717, 1.165) is 22.7 Å². The Morgan fingerprint density at radius 3 is 1.80 bits per heavy atom. The van der Waals surface area contributed by atoms with Crippen LogP contribution < -0.4 is 15.5 Å². The first-order chi connectivity index (χ1) is 12.1. The van der Waals surface area contributed by atoms with Crippen molar-refractivity contribution >= 4 is 28.7 Å². The Kier molecular flexibility index (Phi) is 5.00. The molecule has 0 aliphatic carbocycles. The zero-order chi connectivity index (χ0) is 17.6. The minimum absolute atomic E-state index is 0.111. The van der Waals surface area contributed by atoms with Crippen LogP contribution in [-0.4, -0.2) is 20.0 Å². The number of hydrogen-bond acceptors (Lipinski definition) is 3. The highest BCUT2D eigenvalue weighted by Crippen LogP contribution is 2.21. The third kappa shape index (κ3) is 4.38. The van der Waals surface area contributed by atoms with E-state index in [4.69, 9.17) is 0 Å². The number of benzene rings is 3. The maximum atomic E-state index is 12.1. The van der Waals surface area contributed by atoms with E-state index < -0.39 is 0 Å². The molecule has 4 heteroatoms. The smallest absolute Gasteiger partial charge is 0.255 e. The SMILES string of the molecule is CN(C)c1ccc(Nc2ccc(NC(=O)c3ccccc3)cc2)cc1. The van der Waals surface area contributed by atoms with Gasteiger partial charge in [0, 0.05) is 42.4 Å². The number of anilines is 4. The molecule has 4 nitrogen and oxygen atoms in total. The summed E-state index contributed by atoms with van der Waals surface area (Å²) >= 11 is 0. The molecule has 3 rings (SSSR count). The van der Waals surface area contributed by atoms with Crippen molar-refractivity contribution in [3.63, 3.8) is 0 Å². The van der Waals surface area contributed by atoms with Crippen LogP contribution in [0.1, 0.15) is 10.4 Å². The van der Waals surface area contributed by atoms with E-state index in [9.17, 15) is 4.79 Å². The monoisotopic (exact) mass is 331 g/mol. The number of nitrogens with zero attached hydrogens (tertiary/aromatic N) is 1. The lowest BCUT2D eigenvalue weighted by Crippen LogP contribution is -2.11. The molecule has 2 N–H and O–H groups in total. The van der Waals surface area contributed by atoms with Crippen molar-refractivity contribution in [3.05, 3.63) is 84.4 Å². The van der Waals surface area contributed by atoms with Crippen LogP contribution in [-0.2, 0) is 0 Å². The van der Waals surface area contributed by atoms with Crippen LogP contribution in [0.2, 0.25) is 0 Å². The first-order valence-electron chi connectivity index (χ1n) is 8.13. The summed E-state index contributed by atoms with van der Waals surface area (Å²) in [5.41, 5.74) is 4.56. The Morgan fingerprint density at radius 1 is 0.720 bits per heavy atom. The van der Waals surface area contributed by atoms with Gasteiger partial charge in [-0.25, -0.2) is 0 Å². The van der Waals surface area contributed by atoms with Crippen molar-refractivity contribution in [2.24, 2.45) is 0 Å². The fraction of sp³-hybridized carbons (Fsp3) is 0.0952. The van der Waals surface area contributed by atoms with E-state index in [1.165, 1.54) is 0 Å². The first-order valence-corrected chi connectivity index (χ1v) is 8.13. The molecule has 0 aromatic heterocycles. The Balaban J connectivity index is 1.63. The standard InChI is InChI=1S/C21H21N3O/c1-24(2)20-14-12-18(13-15-20)22-17-8-10-19(11-9-17)23-21(25)16-6-4-3-5-7-16/h3-15,22H,1-2H3,(H,23,25). The van der Waals surface area contributed by atoms with E-state index >= 15 is 0 Å². The average molecular weight is 331 g/mol. The molecule has 0 saturated carbocycles. The molecule has 3 aromatic carbocycles. The molecule has 0 unspecified atom stereocenters. The number of nitrogens with one attached hydrogen (secondary N) is 2. The molecule has 126 valence electrons. The van der Waals surface area contributed by atoms with Crippen molar-refractivity contribution in [1.82, 2.24) is 0 Å². The Labute approximate surface area is 148 Å². The lowest BCUT2D eigenvalue weighted by atomic mass is 10.2. The summed E-state index contributed by atoms with van der Waals surface area (Å²) in [6.07, 6.45) is 0. The molecule has 0 atom stereocenters. The number of amides is 1. The second-order valence-corrected chi connectivity index (χ2v) is 5.96. The normalized spacial score (nSPS) is 10.2. The molecule has 0 fully saturated rings. The van der Waals surface area contributed by atoms with Gasteiger partial charge in [0.15, 0.2) is 0 Å². The molecule has 25 heavy (non-hydrogen) atoms. The van der Waals surface area contributed by atoms with Gasteiger partial charge in [0.05, 0.1) is 0 Å². The van der Waals surface area contributed by atoms with E-state index in [-0.39, 0.29) is 5.91 Å². The van der Waals surface area contributed by atoms with Crippen molar-refractivity contribution in [1.29, 1.82) is 0 Å². The third-order valence-corrected chi connectivity index (χ3v) is 3.85. The number of hydrogen-bond donors (Lipinski definition) is 2. The predicted molar refractivity (Wildman–Crippen MR) is 105 cm³/mol. The quantitative estimate of drug-likeness (QED) is 0.709. The third-order valence-electron chi connectivity index (χ3n) is 3.85. The summed E-state index contributed by atoms with van der Waals surface area (Å²) in [7, 11) is 4.04. The predicted octanol–water partition coefficient (Wildman–Crippen LogP) is 4.75. The van der Waals surface area contributed by atoms with Crippen LogP contribution in [0.15, 0.2) is 78.9 Å². The summed E-state index contributed by atoms with van der Waals surface area (Å²) < 4.78 is 0. The number of carbonyl (C=O) groups is 1. The molecule has 3 aromatic rings. The van der Waals surface area contributed by atoms with Gasteiger partial charge in [-0.2, -0.15) is 0 Å². The minimum Gasteiger partial charge on any atom is -0.378 e. The zero-order valence-corrected chi connectivity index (χ0v) is 14.4. The van der Waals surface area contributed by atoms with Gasteiger partial charge < -0.3 is 15.5 Å². The van der Waals surface area contributed by atoms with Crippen LogP contribution in [0.25, 0.3) is 0 Å². The fourth-order valence-corrected chi connectivity index (χ4v) is 2.44. The van der Waals surface area contributed by atoms with Crippen molar-refractivity contribution in [2.45, 2.75) is 0 Å². The molecule has 0 spiro atoms. The fourth-order valence-electron chi connectivity index (χ4n) is 2.44. The lowest BCUT2D eigenvalue weighted by Gasteiger charge is -2.13. The Bertz CT molecular complexity index is 825. The molecular formula is C21H21N3O. The van der Waals surface area contributed by atoms with Gasteiger partial charge in [-0.3, -0.25) is 4.79 Å². The molecule has 0 saturated heterocycles. The number of rotatable bonds is 5. The van der Waals surface area contributed by atoms with Gasteiger partial charge in [-0.15, -0.1) is 0 Å². The second kappa shape index (κ2) is 7.53. The molecule has 0 bridgehead atoms. The Hall–Kier alpha value is -3.27. The topological polar surface area (TPSA) is 44.4 Å². The summed E-state index contributed by atoms with van der Waals surface area (Å²) in [5.74, 6) is -0.111. The van der Waals surface area contributed by atoms with Crippen LogP contribution >= 0.6 is 0 Å². The molecular weight excluding hydrogens is 310 g/mol. The minimum atomic E-state index is -0.111. The molecule has 0 heterocycles. The zero-order valence-electron chi connectivity index (χ0n) is 14.4. The molecule has 0 aliphatic heterocycles. The first kappa shape index (κ1) is 16.6. The van der Waals surface area contributed by atoms with Gasteiger partial charge in [-0.1, -0.05) is 18.2 Å². The van der Waals surface area contributed by atoms with Gasteiger partial charge >= 0.3 is 0 Å².